The largest absolute Gasteiger partial charge is 0.489 e. The Morgan fingerprint density at radius 3 is 2.68 bits per heavy atom. The summed E-state index contributed by atoms with van der Waals surface area (Å²) in [5, 5.41) is 6.54. The summed E-state index contributed by atoms with van der Waals surface area (Å²) in [5.74, 6) is 1.81. The van der Waals surface area contributed by atoms with Crippen molar-refractivity contribution in [3.05, 3.63) is 54.0 Å². The third kappa shape index (κ3) is 7.87. The second-order valence-electron chi connectivity index (χ2n) is 6.33. The van der Waals surface area contributed by atoms with Crippen molar-refractivity contribution in [2.45, 2.75) is 26.0 Å². The molecule has 0 saturated carbocycles. The van der Waals surface area contributed by atoms with Crippen LogP contribution < -0.4 is 20.3 Å². The SMILES string of the molecule is CCC(CNC(=NC)NCc1ccnc(N(C)C)c1)Oc1cccc(F)c1.I. The topological polar surface area (TPSA) is 61.8 Å². The van der Waals surface area contributed by atoms with E-state index in [9.17, 15) is 4.39 Å². The van der Waals surface area contributed by atoms with Gasteiger partial charge in [0.1, 0.15) is 23.5 Å². The fraction of sp³-hybridized carbons (Fsp3) is 0.400. The molecular formula is C20H29FIN5O. The maximum absolute atomic E-state index is 13.3. The van der Waals surface area contributed by atoms with E-state index < -0.39 is 0 Å². The van der Waals surface area contributed by atoms with Gasteiger partial charge in [0.2, 0.25) is 0 Å². The van der Waals surface area contributed by atoms with Crippen molar-refractivity contribution < 1.29 is 9.13 Å². The zero-order valence-corrected chi connectivity index (χ0v) is 19.1. The van der Waals surface area contributed by atoms with E-state index in [0.717, 1.165) is 17.8 Å². The lowest BCUT2D eigenvalue weighted by Gasteiger charge is -2.20. The molecule has 8 heteroatoms. The minimum Gasteiger partial charge on any atom is -0.489 e. The summed E-state index contributed by atoms with van der Waals surface area (Å²) in [6, 6.07) is 10.2. The normalized spacial score (nSPS) is 12.0. The van der Waals surface area contributed by atoms with Gasteiger partial charge in [-0.25, -0.2) is 9.37 Å². The van der Waals surface area contributed by atoms with Gasteiger partial charge in [-0.3, -0.25) is 4.99 Å². The number of ether oxygens (including phenoxy) is 1. The smallest absolute Gasteiger partial charge is 0.191 e. The zero-order chi connectivity index (χ0) is 19.6. The number of pyridine rings is 1. The van der Waals surface area contributed by atoms with Crippen molar-refractivity contribution >= 4 is 35.8 Å². The number of aliphatic imine (C=N–C) groups is 1. The van der Waals surface area contributed by atoms with Crippen LogP contribution in [-0.2, 0) is 6.54 Å². The van der Waals surface area contributed by atoms with Gasteiger partial charge >= 0.3 is 0 Å². The quantitative estimate of drug-likeness (QED) is 0.330. The minimum absolute atomic E-state index is 0. The summed E-state index contributed by atoms with van der Waals surface area (Å²) in [5.41, 5.74) is 1.11. The van der Waals surface area contributed by atoms with E-state index in [2.05, 4.69) is 20.6 Å². The van der Waals surface area contributed by atoms with Gasteiger partial charge < -0.3 is 20.3 Å². The summed E-state index contributed by atoms with van der Waals surface area (Å²) < 4.78 is 19.1. The summed E-state index contributed by atoms with van der Waals surface area (Å²) >= 11 is 0. The molecule has 0 saturated heterocycles. The van der Waals surface area contributed by atoms with Crippen LogP contribution in [0.25, 0.3) is 0 Å². The molecule has 1 aromatic carbocycles. The van der Waals surface area contributed by atoms with Crippen molar-refractivity contribution in [1.29, 1.82) is 0 Å². The Labute approximate surface area is 183 Å². The highest BCUT2D eigenvalue weighted by Crippen LogP contribution is 2.14. The average molecular weight is 501 g/mol. The van der Waals surface area contributed by atoms with E-state index in [1.165, 1.54) is 12.1 Å². The Morgan fingerprint density at radius 1 is 1.25 bits per heavy atom. The van der Waals surface area contributed by atoms with Crippen LogP contribution in [0.15, 0.2) is 47.6 Å². The van der Waals surface area contributed by atoms with E-state index >= 15 is 0 Å². The summed E-state index contributed by atoms with van der Waals surface area (Å²) in [4.78, 5) is 10.5. The first kappa shape index (κ1) is 23.9. The molecule has 0 aliphatic heterocycles. The van der Waals surface area contributed by atoms with Crippen LogP contribution >= 0.6 is 24.0 Å². The van der Waals surface area contributed by atoms with Gasteiger partial charge in [-0.1, -0.05) is 13.0 Å². The van der Waals surface area contributed by atoms with Gasteiger partial charge in [-0.05, 0) is 36.2 Å². The van der Waals surface area contributed by atoms with Crippen LogP contribution in [0.1, 0.15) is 18.9 Å². The van der Waals surface area contributed by atoms with Crippen LogP contribution in [0.3, 0.4) is 0 Å². The molecular weight excluding hydrogens is 472 g/mol. The highest BCUT2D eigenvalue weighted by molar-refractivity contribution is 14.0. The van der Waals surface area contributed by atoms with Gasteiger partial charge in [0, 0.05) is 40.0 Å². The van der Waals surface area contributed by atoms with Crippen molar-refractivity contribution in [2.75, 3.05) is 32.6 Å². The number of nitrogens with one attached hydrogen (secondary N) is 2. The molecule has 0 amide bonds. The van der Waals surface area contributed by atoms with Gasteiger partial charge in [-0.2, -0.15) is 0 Å². The molecule has 0 aliphatic rings. The van der Waals surface area contributed by atoms with Gasteiger partial charge in [0.15, 0.2) is 5.96 Å². The first-order valence-electron chi connectivity index (χ1n) is 9.00. The number of nitrogens with zero attached hydrogens (tertiary/aromatic N) is 3. The Hall–Kier alpha value is -2.10. The number of halogens is 2. The van der Waals surface area contributed by atoms with E-state index in [1.54, 1.807) is 25.4 Å². The second-order valence-corrected chi connectivity index (χ2v) is 6.33. The molecule has 6 nitrogen and oxygen atoms in total. The highest BCUT2D eigenvalue weighted by Gasteiger charge is 2.10. The Morgan fingerprint density at radius 2 is 2.04 bits per heavy atom. The van der Waals surface area contributed by atoms with Crippen LogP contribution in [0.2, 0.25) is 0 Å². The molecule has 0 spiro atoms. The third-order valence-corrected chi connectivity index (χ3v) is 4.00. The zero-order valence-electron chi connectivity index (χ0n) is 16.8. The molecule has 0 aliphatic carbocycles. The summed E-state index contributed by atoms with van der Waals surface area (Å²) in [6.07, 6.45) is 2.49. The molecule has 2 aromatic rings. The number of hydrogen-bond donors (Lipinski definition) is 2. The predicted octanol–water partition coefficient (Wildman–Crippen LogP) is 3.43. The number of anilines is 1. The number of aromatic nitrogens is 1. The van der Waals surface area contributed by atoms with Gasteiger partial charge in [-0.15, -0.1) is 24.0 Å². The summed E-state index contributed by atoms with van der Waals surface area (Å²) in [7, 11) is 5.65. The minimum atomic E-state index is -0.303. The molecule has 1 unspecified atom stereocenters. The highest BCUT2D eigenvalue weighted by atomic mass is 127. The van der Waals surface area contributed by atoms with Crippen molar-refractivity contribution in [3.8, 4) is 5.75 Å². The van der Waals surface area contributed by atoms with Crippen LogP contribution in [-0.4, -0.2) is 44.7 Å². The lowest BCUT2D eigenvalue weighted by molar-refractivity contribution is 0.199. The molecule has 28 heavy (non-hydrogen) atoms. The van der Waals surface area contributed by atoms with Crippen molar-refractivity contribution in [3.63, 3.8) is 0 Å². The number of hydrogen-bond acceptors (Lipinski definition) is 4. The molecule has 1 heterocycles. The fourth-order valence-corrected chi connectivity index (χ4v) is 2.43. The Balaban J connectivity index is 0.00000392. The first-order chi connectivity index (χ1) is 13.0. The molecule has 0 radical (unpaired) electrons. The van der Waals surface area contributed by atoms with Crippen molar-refractivity contribution in [1.82, 2.24) is 15.6 Å². The van der Waals surface area contributed by atoms with E-state index in [4.69, 9.17) is 4.74 Å². The van der Waals surface area contributed by atoms with Crippen molar-refractivity contribution in [2.24, 2.45) is 4.99 Å². The molecule has 2 N–H and O–H groups in total. The Kier molecular flexibility index (Phi) is 10.6. The van der Waals surface area contributed by atoms with Crippen LogP contribution in [0.5, 0.6) is 5.75 Å². The molecule has 0 fully saturated rings. The first-order valence-corrected chi connectivity index (χ1v) is 9.00. The molecule has 154 valence electrons. The van der Waals surface area contributed by atoms with Crippen LogP contribution in [0, 0.1) is 5.82 Å². The van der Waals surface area contributed by atoms with E-state index in [-0.39, 0.29) is 35.9 Å². The van der Waals surface area contributed by atoms with E-state index in [1.807, 2.05) is 38.1 Å². The lowest BCUT2D eigenvalue weighted by Crippen LogP contribution is -2.42. The second kappa shape index (κ2) is 12.4. The monoisotopic (exact) mass is 501 g/mol. The average Bonchev–Trinajstić information content (AvgIpc) is 2.67. The Bertz CT molecular complexity index is 757. The maximum atomic E-state index is 13.3. The van der Waals surface area contributed by atoms with Crippen LogP contribution in [0.4, 0.5) is 10.2 Å². The standard InChI is InChI=1S/C20H28FN5O.HI/c1-5-17(27-18-8-6-7-16(21)12-18)14-25-20(22-2)24-13-15-9-10-23-19(11-15)26(3)4;/h6-12,17H,5,13-14H2,1-4H3,(H2,22,24,25);1H. The molecule has 1 aromatic heterocycles. The number of rotatable bonds is 8. The van der Waals surface area contributed by atoms with Gasteiger partial charge in [0.25, 0.3) is 0 Å². The van der Waals surface area contributed by atoms with E-state index in [0.29, 0.717) is 24.8 Å². The fourth-order valence-electron chi connectivity index (χ4n) is 2.43. The lowest BCUT2D eigenvalue weighted by atomic mass is 10.2. The molecule has 2 rings (SSSR count). The number of benzene rings is 1. The summed E-state index contributed by atoms with van der Waals surface area (Å²) in [6.45, 7) is 3.22. The third-order valence-electron chi connectivity index (χ3n) is 4.00. The molecule has 1 atom stereocenters. The van der Waals surface area contributed by atoms with Gasteiger partial charge in [0.05, 0.1) is 6.54 Å². The molecule has 0 bridgehead atoms. The number of guanidine groups is 1. The maximum Gasteiger partial charge on any atom is 0.191 e. The predicted molar refractivity (Wildman–Crippen MR) is 123 cm³/mol.